The van der Waals surface area contributed by atoms with Crippen molar-refractivity contribution in [3.63, 3.8) is 0 Å². The molecule has 0 N–H and O–H groups in total. The van der Waals surface area contributed by atoms with E-state index in [1.54, 1.807) is 6.34 Å². The number of hydrogen-bond acceptors (Lipinski definition) is 2. The summed E-state index contributed by atoms with van der Waals surface area (Å²) in [6, 6.07) is 0. The Hall–Kier alpha value is 0.572. The van der Waals surface area contributed by atoms with Gasteiger partial charge in [-0.15, -0.1) is 12.4 Å². The summed E-state index contributed by atoms with van der Waals surface area (Å²) in [6.45, 7) is 3.12. The van der Waals surface area contributed by atoms with Crippen molar-refractivity contribution >= 4 is 58.2 Å². The summed E-state index contributed by atoms with van der Waals surface area (Å²) >= 11 is 12.9. The maximum atomic E-state index is 8.17. The number of halogens is 3. The Morgan fingerprint density at radius 2 is 2.00 bits per heavy atom. The van der Waals surface area contributed by atoms with Crippen LogP contribution in [0.2, 0.25) is 0 Å². The maximum absolute atomic E-state index is 8.17. The molecule has 1 rings (SSSR count). The Kier molecular flexibility index (Phi) is 10.4. The topological polar surface area (TPSA) is 29.4 Å². The van der Waals surface area contributed by atoms with Crippen LogP contribution in [0.25, 0.3) is 0 Å². The zero-order valence-electron chi connectivity index (χ0n) is 8.74. The molecule has 0 saturated heterocycles. The Balaban J connectivity index is 0. The molecule has 15 heavy (non-hydrogen) atoms. The van der Waals surface area contributed by atoms with Crippen molar-refractivity contribution < 1.29 is 8.29 Å². The Labute approximate surface area is 115 Å². The minimum absolute atomic E-state index is 0. The van der Waals surface area contributed by atoms with Crippen LogP contribution in [0.1, 0.15) is 19.8 Å². The second-order valence-corrected chi connectivity index (χ2v) is 3.89. The summed E-state index contributed by atoms with van der Waals surface area (Å²) in [5.41, 5.74) is 0. The van der Waals surface area contributed by atoms with Crippen LogP contribution in [-0.4, -0.2) is 40.6 Å². The third kappa shape index (κ3) is 4.95. The van der Waals surface area contributed by atoms with Crippen molar-refractivity contribution in [1.82, 2.24) is 0 Å². The number of hydrogen-bond donors (Lipinski definition) is 0. The molecule has 0 fully saturated rings. The molecule has 0 aromatic heterocycles. The second kappa shape index (κ2) is 8.69. The SMILES string of the molecule is CCCC[N+]1(C)C=NC(Cl)=C1Cl.Cl.[O]=[Al]. The van der Waals surface area contributed by atoms with E-state index in [2.05, 4.69) is 11.9 Å². The molecular formula is C8H14AlCl3N2O+. The van der Waals surface area contributed by atoms with Crippen molar-refractivity contribution in [2.45, 2.75) is 19.8 Å². The van der Waals surface area contributed by atoms with Crippen LogP contribution in [0.4, 0.5) is 0 Å². The number of nitrogens with zero attached hydrogens (tertiary/aromatic N) is 2. The normalized spacial score (nSPS) is 23.1. The van der Waals surface area contributed by atoms with Gasteiger partial charge in [0, 0.05) is 0 Å². The molecule has 1 heterocycles. The van der Waals surface area contributed by atoms with Crippen molar-refractivity contribution in [2.24, 2.45) is 4.99 Å². The van der Waals surface area contributed by atoms with Crippen LogP contribution in [0, 0.1) is 0 Å². The molecule has 0 saturated carbocycles. The van der Waals surface area contributed by atoms with E-state index in [1.165, 1.54) is 16.2 Å². The van der Waals surface area contributed by atoms with Gasteiger partial charge >= 0.3 is 20.0 Å². The quantitative estimate of drug-likeness (QED) is 0.446. The van der Waals surface area contributed by atoms with E-state index < -0.39 is 0 Å². The minimum atomic E-state index is 0. The molecule has 0 aliphatic carbocycles. The average molecular weight is 288 g/mol. The average Bonchev–Trinajstić information content (AvgIpc) is 2.47. The van der Waals surface area contributed by atoms with Crippen molar-refractivity contribution in [1.29, 1.82) is 0 Å². The molecule has 0 amide bonds. The molecule has 85 valence electrons. The van der Waals surface area contributed by atoms with Gasteiger partial charge in [0.1, 0.15) is 0 Å². The summed E-state index contributed by atoms with van der Waals surface area (Å²) in [6.07, 6.45) is 4.08. The molecule has 1 aliphatic heterocycles. The zero-order chi connectivity index (χ0) is 11.2. The van der Waals surface area contributed by atoms with Crippen LogP contribution in [-0.2, 0) is 3.80 Å². The summed E-state index contributed by atoms with van der Waals surface area (Å²) in [5, 5.41) is 1.06. The van der Waals surface area contributed by atoms with E-state index in [0.29, 0.717) is 14.8 Å². The standard InChI is InChI=1S/C8H13Cl2N2.Al.ClH.O/c1-3-4-5-12(2)6-11-7(9)8(12)10;;;/h6H,3-5H2,1-2H3;;1H;/q+1;;;. The van der Waals surface area contributed by atoms with Crippen LogP contribution < -0.4 is 0 Å². The van der Waals surface area contributed by atoms with Crippen LogP contribution in [0.15, 0.2) is 15.3 Å². The van der Waals surface area contributed by atoms with Gasteiger partial charge in [0.15, 0.2) is 6.34 Å². The number of rotatable bonds is 3. The van der Waals surface area contributed by atoms with E-state index in [-0.39, 0.29) is 12.4 Å². The second-order valence-electron chi connectivity index (χ2n) is 3.17. The Morgan fingerprint density at radius 1 is 1.47 bits per heavy atom. The molecule has 1 atom stereocenters. The predicted molar refractivity (Wildman–Crippen MR) is 66.9 cm³/mol. The molecule has 1 unspecified atom stereocenters. The summed E-state index contributed by atoms with van der Waals surface area (Å²) in [7, 11) is 2.01. The van der Waals surface area contributed by atoms with E-state index in [9.17, 15) is 0 Å². The van der Waals surface area contributed by atoms with Crippen LogP contribution in [0.5, 0.6) is 0 Å². The number of aliphatic imine (C=N–C) groups is 1. The van der Waals surface area contributed by atoms with E-state index in [0.717, 1.165) is 19.4 Å². The third-order valence-electron chi connectivity index (χ3n) is 2.02. The van der Waals surface area contributed by atoms with E-state index in [4.69, 9.17) is 27.0 Å². The van der Waals surface area contributed by atoms with Crippen LogP contribution >= 0.6 is 35.6 Å². The first-order valence-electron chi connectivity index (χ1n) is 4.30. The van der Waals surface area contributed by atoms with Crippen molar-refractivity contribution in [3.05, 3.63) is 10.3 Å². The molecule has 1 radical (unpaired) electrons. The molecule has 0 spiro atoms. The van der Waals surface area contributed by atoms with E-state index in [1.807, 2.05) is 7.05 Å². The van der Waals surface area contributed by atoms with Crippen molar-refractivity contribution in [3.8, 4) is 0 Å². The number of quaternary nitrogens is 1. The van der Waals surface area contributed by atoms with Gasteiger partial charge in [0.05, 0.1) is 13.6 Å². The molecule has 0 aromatic rings. The van der Waals surface area contributed by atoms with Gasteiger partial charge in [-0.05, 0) is 18.0 Å². The van der Waals surface area contributed by atoms with Gasteiger partial charge in [-0.3, -0.25) is 0 Å². The molecule has 3 nitrogen and oxygen atoms in total. The first kappa shape index (κ1) is 18.0. The Bertz CT molecular complexity index is 260. The van der Waals surface area contributed by atoms with Gasteiger partial charge in [0.2, 0.25) is 10.3 Å². The molecule has 7 heteroatoms. The van der Waals surface area contributed by atoms with Crippen molar-refractivity contribution in [2.75, 3.05) is 13.6 Å². The first-order valence-corrected chi connectivity index (χ1v) is 5.53. The monoisotopic (exact) mass is 286 g/mol. The fourth-order valence-electron chi connectivity index (χ4n) is 1.14. The van der Waals surface area contributed by atoms with Gasteiger partial charge < -0.3 is 0 Å². The van der Waals surface area contributed by atoms with E-state index >= 15 is 0 Å². The van der Waals surface area contributed by atoms with Crippen LogP contribution in [0.3, 0.4) is 0 Å². The van der Waals surface area contributed by atoms with Gasteiger partial charge in [-0.25, -0.2) is 4.48 Å². The summed E-state index contributed by atoms with van der Waals surface area (Å²) < 4.78 is 8.72. The molecule has 0 aromatic carbocycles. The first-order chi connectivity index (χ1) is 6.60. The zero-order valence-corrected chi connectivity index (χ0v) is 12.2. The fourth-order valence-corrected chi connectivity index (χ4v) is 1.55. The molecule has 0 bridgehead atoms. The third-order valence-corrected chi connectivity index (χ3v) is 2.96. The number of unbranched alkanes of at least 4 members (excludes halogenated alkanes) is 1. The molecular weight excluding hydrogens is 273 g/mol. The van der Waals surface area contributed by atoms with Gasteiger partial charge in [0.25, 0.3) is 0 Å². The predicted octanol–water partition coefficient (Wildman–Crippen LogP) is 2.80. The summed E-state index contributed by atoms with van der Waals surface area (Å²) in [4.78, 5) is 3.98. The fraction of sp³-hybridized carbons (Fsp3) is 0.625. The Morgan fingerprint density at radius 3 is 2.33 bits per heavy atom. The summed E-state index contributed by atoms with van der Waals surface area (Å²) in [5.74, 6) is 0. The van der Waals surface area contributed by atoms with Gasteiger partial charge in [-0.2, -0.15) is 4.99 Å². The van der Waals surface area contributed by atoms with Gasteiger partial charge in [-0.1, -0.05) is 24.9 Å². The molecule has 1 aliphatic rings.